The maximum Gasteiger partial charge on any atom is 0.284 e. The minimum atomic E-state index is -0.530. The van der Waals surface area contributed by atoms with Crippen LogP contribution in [0.3, 0.4) is 0 Å². The van der Waals surface area contributed by atoms with Crippen molar-refractivity contribution in [2.75, 3.05) is 6.54 Å². The predicted molar refractivity (Wildman–Crippen MR) is 75.1 cm³/mol. The standard InChI is InChI=1S/C13H12BrN3O3/c14-12-10(3-1-4-11(12)17(19)20)13(18)16(8-2-7-15)9-5-6-9/h1,3-4,9H,2,5-6,8H2. The van der Waals surface area contributed by atoms with Gasteiger partial charge in [-0.3, -0.25) is 14.9 Å². The Morgan fingerprint density at radius 1 is 1.55 bits per heavy atom. The summed E-state index contributed by atoms with van der Waals surface area (Å²) in [5.74, 6) is -0.265. The van der Waals surface area contributed by atoms with Crippen LogP contribution < -0.4 is 0 Å². The van der Waals surface area contributed by atoms with Crippen LogP contribution in [0.4, 0.5) is 5.69 Å². The van der Waals surface area contributed by atoms with E-state index in [0.717, 1.165) is 12.8 Å². The number of benzene rings is 1. The first-order valence-electron chi connectivity index (χ1n) is 6.17. The monoisotopic (exact) mass is 337 g/mol. The van der Waals surface area contributed by atoms with E-state index in [1.807, 2.05) is 6.07 Å². The molecule has 1 amide bonds. The van der Waals surface area contributed by atoms with Gasteiger partial charge in [0, 0.05) is 18.7 Å². The number of nitriles is 1. The molecule has 0 aliphatic heterocycles. The zero-order valence-electron chi connectivity index (χ0n) is 10.6. The minimum Gasteiger partial charge on any atom is -0.335 e. The highest BCUT2D eigenvalue weighted by Gasteiger charge is 2.34. The lowest BCUT2D eigenvalue weighted by Gasteiger charge is -2.21. The maximum absolute atomic E-state index is 12.5. The molecule has 2 rings (SSSR count). The number of rotatable bonds is 5. The Morgan fingerprint density at radius 2 is 2.25 bits per heavy atom. The number of nitro benzene ring substituents is 1. The Balaban J connectivity index is 2.30. The maximum atomic E-state index is 12.5. The number of carbonyl (C=O) groups is 1. The van der Waals surface area contributed by atoms with Gasteiger partial charge in [0.2, 0.25) is 0 Å². The van der Waals surface area contributed by atoms with Crippen LogP contribution in [0.15, 0.2) is 22.7 Å². The summed E-state index contributed by atoms with van der Waals surface area (Å²) in [6.45, 7) is 0.356. The van der Waals surface area contributed by atoms with E-state index in [2.05, 4.69) is 15.9 Å². The summed E-state index contributed by atoms with van der Waals surface area (Å²) < 4.78 is 0.192. The molecule has 0 N–H and O–H groups in total. The van der Waals surface area contributed by atoms with Crippen molar-refractivity contribution in [3.05, 3.63) is 38.3 Å². The van der Waals surface area contributed by atoms with E-state index >= 15 is 0 Å². The van der Waals surface area contributed by atoms with Gasteiger partial charge in [-0.15, -0.1) is 0 Å². The summed E-state index contributed by atoms with van der Waals surface area (Å²) in [6.07, 6.45) is 2.10. The first-order chi connectivity index (χ1) is 9.56. The summed E-state index contributed by atoms with van der Waals surface area (Å²) >= 11 is 3.13. The molecule has 0 heterocycles. The molecule has 20 heavy (non-hydrogen) atoms. The predicted octanol–water partition coefficient (Wildman–Crippen LogP) is 2.88. The highest BCUT2D eigenvalue weighted by Crippen LogP contribution is 2.33. The van der Waals surface area contributed by atoms with Crippen molar-refractivity contribution in [2.24, 2.45) is 0 Å². The zero-order chi connectivity index (χ0) is 14.7. The van der Waals surface area contributed by atoms with Crippen LogP contribution in [0.5, 0.6) is 0 Å². The van der Waals surface area contributed by atoms with Gasteiger partial charge in [0.1, 0.15) is 4.47 Å². The SMILES string of the molecule is N#CCCN(C(=O)c1cccc([N+](=O)[O-])c1Br)C1CC1. The number of nitrogens with zero attached hydrogens (tertiary/aromatic N) is 3. The third-order valence-electron chi connectivity index (χ3n) is 3.12. The summed E-state index contributed by atoms with van der Waals surface area (Å²) in [5, 5.41) is 19.5. The lowest BCUT2D eigenvalue weighted by Crippen LogP contribution is -2.34. The van der Waals surface area contributed by atoms with E-state index in [0.29, 0.717) is 6.54 Å². The van der Waals surface area contributed by atoms with Gasteiger partial charge in [0.05, 0.1) is 23.0 Å². The fourth-order valence-corrected chi connectivity index (χ4v) is 2.57. The third-order valence-corrected chi connectivity index (χ3v) is 3.95. The van der Waals surface area contributed by atoms with Crippen LogP contribution in [0.2, 0.25) is 0 Å². The van der Waals surface area contributed by atoms with Crippen LogP contribution in [-0.2, 0) is 0 Å². The van der Waals surface area contributed by atoms with Gasteiger partial charge >= 0.3 is 0 Å². The Bertz CT molecular complexity index is 593. The molecule has 1 aromatic rings. The quantitative estimate of drug-likeness (QED) is 0.610. The smallest absolute Gasteiger partial charge is 0.284 e. The fraction of sp³-hybridized carbons (Fsp3) is 0.385. The Kier molecular flexibility index (Phi) is 4.35. The number of nitro groups is 1. The van der Waals surface area contributed by atoms with Crippen molar-refractivity contribution in [3.63, 3.8) is 0 Å². The number of carbonyl (C=O) groups excluding carboxylic acids is 1. The highest BCUT2D eigenvalue weighted by atomic mass is 79.9. The average molecular weight is 338 g/mol. The summed E-state index contributed by atoms with van der Waals surface area (Å²) in [7, 11) is 0. The van der Waals surface area contributed by atoms with Crippen molar-refractivity contribution in [1.82, 2.24) is 4.90 Å². The van der Waals surface area contributed by atoms with E-state index in [1.54, 1.807) is 11.0 Å². The van der Waals surface area contributed by atoms with Crippen molar-refractivity contribution >= 4 is 27.5 Å². The first kappa shape index (κ1) is 14.5. The van der Waals surface area contributed by atoms with E-state index in [4.69, 9.17) is 5.26 Å². The van der Waals surface area contributed by atoms with Gasteiger partial charge in [0.25, 0.3) is 11.6 Å². The van der Waals surface area contributed by atoms with Gasteiger partial charge in [-0.05, 0) is 34.8 Å². The largest absolute Gasteiger partial charge is 0.335 e. The summed E-state index contributed by atoms with van der Waals surface area (Å²) in [5.41, 5.74) is 0.135. The van der Waals surface area contributed by atoms with Crippen molar-refractivity contribution in [2.45, 2.75) is 25.3 Å². The minimum absolute atomic E-state index is 0.133. The molecule has 104 valence electrons. The molecule has 6 nitrogen and oxygen atoms in total. The van der Waals surface area contributed by atoms with Crippen LogP contribution in [0, 0.1) is 21.4 Å². The first-order valence-corrected chi connectivity index (χ1v) is 6.96. The zero-order valence-corrected chi connectivity index (χ0v) is 12.2. The lowest BCUT2D eigenvalue weighted by atomic mass is 10.1. The number of hydrogen-bond acceptors (Lipinski definition) is 4. The molecule has 0 spiro atoms. The molecule has 0 unspecified atom stereocenters. The van der Waals surface area contributed by atoms with Gasteiger partial charge in [-0.25, -0.2) is 0 Å². The number of hydrogen-bond donors (Lipinski definition) is 0. The topological polar surface area (TPSA) is 87.2 Å². The number of halogens is 1. The Labute approximate surface area is 124 Å². The molecule has 1 aliphatic rings. The molecule has 0 atom stereocenters. The van der Waals surface area contributed by atoms with E-state index in [-0.39, 0.29) is 34.1 Å². The second-order valence-electron chi connectivity index (χ2n) is 4.53. The molecular weight excluding hydrogens is 326 g/mol. The van der Waals surface area contributed by atoms with Crippen molar-refractivity contribution in [3.8, 4) is 6.07 Å². The van der Waals surface area contributed by atoms with Crippen LogP contribution in [0.25, 0.3) is 0 Å². The number of amides is 1. The van der Waals surface area contributed by atoms with Crippen molar-refractivity contribution < 1.29 is 9.72 Å². The molecule has 1 saturated carbocycles. The molecule has 1 aliphatic carbocycles. The fourth-order valence-electron chi connectivity index (χ4n) is 1.99. The molecule has 0 radical (unpaired) electrons. The van der Waals surface area contributed by atoms with Gasteiger partial charge < -0.3 is 4.90 Å². The van der Waals surface area contributed by atoms with Crippen molar-refractivity contribution in [1.29, 1.82) is 5.26 Å². The Hall–Kier alpha value is -1.94. The molecule has 1 fully saturated rings. The highest BCUT2D eigenvalue weighted by molar-refractivity contribution is 9.10. The molecule has 0 saturated heterocycles. The van der Waals surface area contributed by atoms with Crippen LogP contribution in [0.1, 0.15) is 29.6 Å². The molecule has 0 aromatic heterocycles. The second-order valence-corrected chi connectivity index (χ2v) is 5.33. The summed E-state index contributed by atoms with van der Waals surface area (Å²) in [4.78, 5) is 24.5. The normalized spacial score (nSPS) is 13.6. The average Bonchev–Trinajstić information content (AvgIpc) is 3.23. The summed E-state index contributed by atoms with van der Waals surface area (Å²) in [6, 6.07) is 6.57. The third kappa shape index (κ3) is 2.96. The lowest BCUT2D eigenvalue weighted by molar-refractivity contribution is -0.385. The second kappa shape index (κ2) is 6.01. The van der Waals surface area contributed by atoms with Gasteiger partial charge in [-0.1, -0.05) is 6.07 Å². The molecule has 1 aromatic carbocycles. The van der Waals surface area contributed by atoms with Gasteiger partial charge in [0.15, 0.2) is 0 Å². The molecule has 0 bridgehead atoms. The van der Waals surface area contributed by atoms with Crippen LogP contribution in [-0.4, -0.2) is 28.3 Å². The Morgan fingerprint density at radius 3 is 2.80 bits per heavy atom. The van der Waals surface area contributed by atoms with E-state index in [1.165, 1.54) is 12.1 Å². The molecular formula is C13H12BrN3O3. The molecule has 7 heteroatoms. The van der Waals surface area contributed by atoms with Gasteiger partial charge in [-0.2, -0.15) is 5.26 Å². The van der Waals surface area contributed by atoms with Crippen LogP contribution >= 0.6 is 15.9 Å². The van der Waals surface area contributed by atoms with E-state index in [9.17, 15) is 14.9 Å². The van der Waals surface area contributed by atoms with E-state index < -0.39 is 4.92 Å².